The average Bonchev–Trinajstić information content (AvgIpc) is 2.51. The lowest BCUT2D eigenvalue weighted by Crippen LogP contribution is -2.37. The lowest BCUT2D eigenvalue weighted by molar-refractivity contribution is -0.120. The molecule has 0 radical (unpaired) electrons. The Labute approximate surface area is 140 Å². The molecule has 0 heterocycles. The van der Waals surface area contributed by atoms with Crippen molar-refractivity contribution in [3.8, 4) is 0 Å². The van der Waals surface area contributed by atoms with E-state index in [2.05, 4.69) is 6.92 Å². The number of carbonyl (C=O) groups is 1. The average molecular weight is 322 g/mol. The van der Waals surface area contributed by atoms with Gasteiger partial charge in [0.05, 0.1) is 4.75 Å². The lowest BCUT2D eigenvalue weighted by atomic mass is 10.00. The van der Waals surface area contributed by atoms with Crippen LogP contribution in [0.4, 0.5) is 0 Å². The molecular weight excluding hydrogens is 290 g/mol. The zero-order chi connectivity index (χ0) is 16.3. The third-order valence-electron chi connectivity index (χ3n) is 4.11. The first-order chi connectivity index (χ1) is 10.6. The third-order valence-corrected chi connectivity index (χ3v) is 5.48. The second kappa shape index (κ2) is 10.7. The largest absolute Gasteiger partial charge is 0.368 e. The fraction of sp³-hybridized carbons (Fsp3) is 0.632. The Balaban J connectivity index is 2.30. The quantitative estimate of drug-likeness (QED) is 0.405. The van der Waals surface area contributed by atoms with Crippen molar-refractivity contribution < 1.29 is 4.79 Å². The molecule has 2 nitrogen and oxygen atoms in total. The SMILES string of the molecule is CCCCCCCCCCC(C)(Sc1ccccc1)C(N)=O. The summed E-state index contributed by atoms with van der Waals surface area (Å²) in [6.07, 6.45) is 11.1. The first kappa shape index (κ1) is 19.1. The van der Waals surface area contributed by atoms with Crippen LogP contribution in [-0.4, -0.2) is 10.7 Å². The molecule has 0 saturated carbocycles. The number of rotatable bonds is 12. The summed E-state index contributed by atoms with van der Waals surface area (Å²) in [6, 6.07) is 10.1. The smallest absolute Gasteiger partial charge is 0.233 e. The van der Waals surface area contributed by atoms with Crippen molar-refractivity contribution >= 4 is 17.7 Å². The fourth-order valence-electron chi connectivity index (χ4n) is 2.57. The van der Waals surface area contributed by atoms with E-state index in [1.165, 1.54) is 44.9 Å². The second-order valence-corrected chi connectivity index (χ2v) is 7.81. The van der Waals surface area contributed by atoms with Gasteiger partial charge in [0.15, 0.2) is 0 Å². The van der Waals surface area contributed by atoms with Crippen molar-refractivity contribution in [1.29, 1.82) is 0 Å². The molecule has 1 atom stereocenters. The van der Waals surface area contributed by atoms with E-state index in [0.717, 1.165) is 17.7 Å². The van der Waals surface area contributed by atoms with E-state index in [4.69, 9.17) is 5.73 Å². The molecule has 124 valence electrons. The summed E-state index contributed by atoms with van der Waals surface area (Å²) in [4.78, 5) is 13.0. The van der Waals surface area contributed by atoms with E-state index in [1.54, 1.807) is 11.8 Å². The lowest BCUT2D eigenvalue weighted by Gasteiger charge is -2.25. The number of thioether (sulfide) groups is 1. The number of hydrogen-bond donors (Lipinski definition) is 1. The minimum atomic E-state index is -0.496. The number of benzene rings is 1. The summed E-state index contributed by atoms with van der Waals surface area (Å²) < 4.78 is -0.496. The molecule has 3 heteroatoms. The van der Waals surface area contributed by atoms with Crippen LogP contribution in [0.15, 0.2) is 35.2 Å². The van der Waals surface area contributed by atoms with E-state index < -0.39 is 4.75 Å². The minimum absolute atomic E-state index is 0.204. The van der Waals surface area contributed by atoms with Crippen molar-refractivity contribution in [3.05, 3.63) is 30.3 Å². The Morgan fingerprint density at radius 2 is 1.55 bits per heavy atom. The molecule has 0 aliphatic heterocycles. The van der Waals surface area contributed by atoms with Crippen LogP contribution < -0.4 is 5.73 Å². The predicted molar refractivity (Wildman–Crippen MR) is 97.1 cm³/mol. The molecule has 1 aromatic carbocycles. The molecular formula is C19H31NOS. The molecule has 0 aliphatic carbocycles. The van der Waals surface area contributed by atoms with Gasteiger partial charge >= 0.3 is 0 Å². The molecule has 0 bridgehead atoms. The van der Waals surface area contributed by atoms with E-state index in [0.29, 0.717) is 0 Å². The molecule has 1 amide bonds. The molecule has 1 unspecified atom stereocenters. The van der Waals surface area contributed by atoms with Crippen LogP contribution in [0.2, 0.25) is 0 Å². The first-order valence-corrected chi connectivity index (χ1v) is 9.44. The summed E-state index contributed by atoms with van der Waals surface area (Å²) in [5, 5.41) is 0. The number of primary amides is 1. The number of amides is 1. The monoisotopic (exact) mass is 321 g/mol. The van der Waals surface area contributed by atoms with Crippen molar-refractivity contribution in [2.24, 2.45) is 5.73 Å². The number of carbonyl (C=O) groups excluding carboxylic acids is 1. The molecule has 1 rings (SSSR count). The van der Waals surface area contributed by atoms with E-state index in [-0.39, 0.29) is 5.91 Å². The van der Waals surface area contributed by atoms with Crippen LogP contribution >= 0.6 is 11.8 Å². The van der Waals surface area contributed by atoms with Gasteiger partial charge in [-0.25, -0.2) is 0 Å². The van der Waals surface area contributed by atoms with Gasteiger partial charge < -0.3 is 5.73 Å². The number of nitrogens with two attached hydrogens (primary N) is 1. The van der Waals surface area contributed by atoms with Gasteiger partial charge in [-0.15, -0.1) is 11.8 Å². The zero-order valence-electron chi connectivity index (χ0n) is 14.1. The highest BCUT2D eigenvalue weighted by molar-refractivity contribution is 8.01. The van der Waals surface area contributed by atoms with Gasteiger partial charge in [-0.05, 0) is 25.5 Å². The Morgan fingerprint density at radius 1 is 1.00 bits per heavy atom. The minimum Gasteiger partial charge on any atom is -0.368 e. The van der Waals surface area contributed by atoms with Crippen molar-refractivity contribution in [1.82, 2.24) is 0 Å². The maximum Gasteiger partial charge on any atom is 0.233 e. The number of unbranched alkanes of at least 4 members (excludes halogenated alkanes) is 7. The van der Waals surface area contributed by atoms with Crippen LogP contribution in [-0.2, 0) is 4.79 Å². The van der Waals surface area contributed by atoms with Gasteiger partial charge in [0, 0.05) is 4.90 Å². The molecule has 0 spiro atoms. The Bertz CT molecular complexity index is 421. The Morgan fingerprint density at radius 3 is 2.09 bits per heavy atom. The second-order valence-electron chi connectivity index (χ2n) is 6.24. The van der Waals surface area contributed by atoms with Gasteiger partial charge in [0.25, 0.3) is 0 Å². The summed E-state index contributed by atoms with van der Waals surface area (Å²) in [5.74, 6) is -0.204. The summed E-state index contributed by atoms with van der Waals surface area (Å²) in [6.45, 7) is 4.23. The summed E-state index contributed by atoms with van der Waals surface area (Å²) in [7, 11) is 0. The Kier molecular flexibility index (Phi) is 9.30. The maximum atomic E-state index is 11.9. The number of hydrogen-bond acceptors (Lipinski definition) is 2. The van der Waals surface area contributed by atoms with Gasteiger partial charge in [0.2, 0.25) is 5.91 Å². The van der Waals surface area contributed by atoms with E-state index in [9.17, 15) is 4.79 Å². The van der Waals surface area contributed by atoms with E-state index in [1.807, 2.05) is 37.3 Å². The van der Waals surface area contributed by atoms with Crippen LogP contribution in [0, 0.1) is 0 Å². The third kappa shape index (κ3) is 7.35. The van der Waals surface area contributed by atoms with Crippen LogP contribution in [0.1, 0.15) is 71.6 Å². The van der Waals surface area contributed by atoms with Gasteiger partial charge in [-0.2, -0.15) is 0 Å². The summed E-state index contributed by atoms with van der Waals surface area (Å²) in [5.41, 5.74) is 5.65. The summed E-state index contributed by atoms with van der Waals surface area (Å²) >= 11 is 1.60. The van der Waals surface area contributed by atoms with Crippen molar-refractivity contribution in [3.63, 3.8) is 0 Å². The Hall–Kier alpha value is -0.960. The predicted octanol–water partition coefficient (Wildman–Crippen LogP) is 5.55. The molecule has 2 N–H and O–H groups in total. The normalized spacial score (nSPS) is 13.7. The molecule has 0 aromatic heterocycles. The maximum absolute atomic E-state index is 11.9. The molecule has 22 heavy (non-hydrogen) atoms. The highest BCUT2D eigenvalue weighted by Crippen LogP contribution is 2.36. The standard InChI is InChI=1S/C19H31NOS/c1-3-4-5-6-7-8-9-13-16-19(2,18(20)21)22-17-14-11-10-12-15-17/h10-12,14-15H,3-9,13,16H2,1-2H3,(H2,20,21). The van der Waals surface area contributed by atoms with Crippen LogP contribution in [0.5, 0.6) is 0 Å². The van der Waals surface area contributed by atoms with Gasteiger partial charge in [-0.1, -0.05) is 76.5 Å². The topological polar surface area (TPSA) is 43.1 Å². The molecule has 1 aromatic rings. The van der Waals surface area contributed by atoms with Crippen molar-refractivity contribution in [2.75, 3.05) is 0 Å². The van der Waals surface area contributed by atoms with Crippen molar-refractivity contribution in [2.45, 2.75) is 81.3 Å². The zero-order valence-corrected chi connectivity index (χ0v) is 15.0. The van der Waals surface area contributed by atoms with Crippen LogP contribution in [0.25, 0.3) is 0 Å². The molecule has 0 aliphatic rings. The molecule has 0 fully saturated rings. The highest BCUT2D eigenvalue weighted by Gasteiger charge is 2.31. The van der Waals surface area contributed by atoms with Gasteiger partial charge in [-0.3, -0.25) is 4.79 Å². The molecule has 0 saturated heterocycles. The van der Waals surface area contributed by atoms with E-state index >= 15 is 0 Å². The van der Waals surface area contributed by atoms with Gasteiger partial charge in [0.1, 0.15) is 0 Å². The first-order valence-electron chi connectivity index (χ1n) is 8.62. The van der Waals surface area contributed by atoms with Crippen LogP contribution in [0.3, 0.4) is 0 Å². The fourth-order valence-corrected chi connectivity index (χ4v) is 3.73. The highest BCUT2D eigenvalue weighted by atomic mass is 32.2.